The fourth-order valence-corrected chi connectivity index (χ4v) is 5.94. The molecule has 4 nitrogen and oxygen atoms in total. The van der Waals surface area contributed by atoms with Crippen LogP contribution in [-0.2, 0) is 6.42 Å². The highest BCUT2D eigenvalue weighted by Crippen LogP contribution is 2.31. The van der Waals surface area contributed by atoms with Crippen molar-refractivity contribution >= 4 is 11.6 Å². The molecular weight excluding hydrogens is 492 g/mol. The number of hydrogen-bond donors (Lipinski definition) is 1. The third-order valence-corrected chi connectivity index (χ3v) is 8.03. The molecular formula is C36H46N2O2. The summed E-state index contributed by atoms with van der Waals surface area (Å²) in [6, 6.07) is 21.7. The first-order chi connectivity index (χ1) is 19.3. The summed E-state index contributed by atoms with van der Waals surface area (Å²) in [6.45, 7) is 17.2. The highest BCUT2D eigenvalue weighted by Gasteiger charge is 2.29. The van der Waals surface area contributed by atoms with E-state index < -0.39 is 0 Å². The Morgan fingerprint density at radius 3 is 2.48 bits per heavy atom. The van der Waals surface area contributed by atoms with Gasteiger partial charge in [0.15, 0.2) is 0 Å². The monoisotopic (exact) mass is 538 g/mol. The maximum atomic E-state index is 14.6. The Morgan fingerprint density at radius 1 is 1.05 bits per heavy atom. The number of carbonyl (C=O) groups is 1. The smallest absolute Gasteiger partial charge is 0.258 e. The molecule has 3 aromatic carbocycles. The second-order valence-electron chi connectivity index (χ2n) is 11.9. The highest BCUT2D eigenvalue weighted by atomic mass is 16.3. The van der Waals surface area contributed by atoms with Crippen LogP contribution in [0.5, 0.6) is 5.75 Å². The summed E-state index contributed by atoms with van der Waals surface area (Å²) >= 11 is 0. The van der Waals surface area contributed by atoms with E-state index in [2.05, 4.69) is 63.4 Å². The second kappa shape index (κ2) is 13.8. The number of nitrogens with zero attached hydrogens (tertiary/aromatic N) is 2. The molecule has 0 saturated carbocycles. The van der Waals surface area contributed by atoms with Crippen LogP contribution < -0.4 is 0 Å². The number of benzene rings is 3. The third kappa shape index (κ3) is 7.42. The van der Waals surface area contributed by atoms with E-state index in [1.807, 2.05) is 35.2 Å². The maximum absolute atomic E-state index is 14.6. The van der Waals surface area contributed by atoms with Crippen LogP contribution in [0, 0.1) is 18.8 Å². The minimum Gasteiger partial charge on any atom is -0.508 e. The van der Waals surface area contributed by atoms with Gasteiger partial charge in [0.2, 0.25) is 0 Å². The van der Waals surface area contributed by atoms with Crippen LogP contribution in [0.4, 0.5) is 0 Å². The zero-order valence-electron chi connectivity index (χ0n) is 24.8. The van der Waals surface area contributed by atoms with Crippen LogP contribution in [0.2, 0.25) is 0 Å². The Balaban J connectivity index is 1.73. The number of carbonyl (C=O) groups excluding carboxylic acids is 1. The van der Waals surface area contributed by atoms with E-state index in [0.717, 1.165) is 90.8 Å². The molecule has 3 aromatic rings. The molecule has 1 heterocycles. The lowest BCUT2D eigenvalue weighted by atomic mass is 9.93. The zero-order chi connectivity index (χ0) is 28.6. The van der Waals surface area contributed by atoms with Gasteiger partial charge in [-0.15, -0.1) is 0 Å². The van der Waals surface area contributed by atoms with E-state index in [-0.39, 0.29) is 11.7 Å². The summed E-state index contributed by atoms with van der Waals surface area (Å²) in [5.41, 5.74) is 6.72. The van der Waals surface area contributed by atoms with E-state index in [4.69, 9.17) is 0 Å². The number of phenolic OH excluding ortho intramolecular Hbond substituents is 1. The molecule has 1 saturated heterocycles. The molecule has 40 heavy (non-hydrogen) atoms. The van der Waals surface area contributed by atoms with Gasteiger partial charge in [-0.1, -0.05) is 82.3 Å². The summed E-state index contributed by atoms with van der Waals surface area (Å²) in [5.74, 6) is 1.29. The lowest BCUT2D eigenvalue weighted by Crippen LogP contribution is -2.43. The summed E-state index contributed by atoms with van der Waals surface area (Å²) in [7, 11) is 0. The summed E-state index contributed by atoms with van der Waals surface area (Å²) in [4.78, 5) is 19.2. The van der Waals surface area contributed by atoms with E-state index in [9.17, 15) is 9.90 Å². The van der Waals surface area contributed by atoms with Gasteiger partial charge < -0.3 is 14.9 Å². The Hall–Kier alpha value is -3.37. The molecule has 4 rings (SSSR count). The van der Waals surface area contributed by atoms with Gasteiger partial charge in [0, 0.05) is 36.5 Å². The van der Waals surface area contributed by atoms with Crippen LogP contribution >= 0.6 is 0 Å². The second-order valence-corrected chi connectivity index (χ2v) is 11.9. The molecule has 1 N–H and O–H groups in total. The lowest BCUT2D eigenvalue weighted by molar-refractivity contribution is 0.0775. The number of unbranched alkanes of at least 4 members (excludes halogenated alkanes) is 1. The van der Waals surface area contributed by atoms with Crippen LogP contribution in [-0.4, -0.2) is 47.0 Å². The Bertz CT molecular complexity index is 1290. The molecule has 1 fully saturated rings. The maximum Gasteiger partial charge on any atom is 0.258 e. The topological polar surface area (TPSA) is 43.8 Å². The van der Waals surface area contributed by atoms with Gasteiger partial charge in [-0.3, -0.25) is 4.79 Å². The Labute approximate surface area is 241 Å². The number of piperidine rings is 1. The molecule has 212 valence electrons. The Kier molecular flexibility index (Phi) is 10.2. The van der Waals surface area contributed by atoms with Gasteiger partial charge in [-0.05, 0) is 91.4 Å². The first-order valence-corrected chi connectivity index (χ1v) is 15.0. The summed E-state index contributed by atoms with van der Waals surface area (Å²) in [5, 5.41) is 9.80. The molecule has 1 amide bonds. The molecule has 0 spiro atoms. The predicted molar refractivity (Wildman–Crippen MR) is 167 cm³/mol. The molecule has 0 aliphatic carbocycles. The fraction of sp³-hybridized carbons (Fsp3) is 0.417. The number of aromatic hydroxyl groups is 1. The standard InChI is InChI=1S/C36H46N2O2/c1-6-7-13-31-15-16-32(30-17-19-33(39)20-18-30)22-35(31)36(40)38(28(5)34-14-9-8-11-27(34)4)25-29-12-10-21-37(24-29)23-26(2)3/h8-9,11,14-20,22,26,29,39H,5-7,10,12-13,21,23-25H2,1-4H3. The lowest BCUT2D eigenvalue weighted by Gasteiger charge is -2.37. The normalized spacial score (nSPS) is 15.8. The van der Waals surface area contributed by atoms with Crippen LogP contribution in [0.15, 0.2) is 73.3 Å². The third-order valence-electron chi connectivity index (χ3n) is 8.03. The number of aryl methyl sites for hydroxylation is 2. The van der Waals surface area contributed by atoms with Crippen LogP contribution in [0.25, 0.3) is 16.8 Å². The number of hydrogen-bond acceptors (Lipinski definition) is 3. The van der Waals surface area contributed by atoms with Gasteiger partial charge in [0.1, 0.15) is 5.75 Å². The van der Waals surface area contributed by atoms with Crippen LogP contribution in [0.1, 0.15) is 73.5 Å². The molecule has 1 unspecified atom stereocenters. The quantitative estimate of drug-likeness (QED) is 0.268. The Morgan fingerprint density at radius 2 is 1.77 bits per heavy atom. The molecule has 1 atom stereocenters. The van der Waals surface area contributed by atoms with Gasteiger partial charge in [-0.2, -0.15) is 0 Å². The zero-order valence-corrected chi connectivity index (χ0v) is 24.8. The first kappa shape index (κ1) is 29.6. The van der Waals surface area contributed by atoms with Crippen LogP contribution in [0.3, 0.4) is 0 Å². The van der Waals surface area contributed by atoms with Crippen molar-refractivity contribution in [3.63, 3.8) is 0 Å². The van der Waals surface area contributed by atoms with Crippen molar-refractivity contribution in [3.8, 4) is 16.9 Å². The predicted octanol–water partition coefficient (Wildman–Crippen LogP) is 8.19. The van der Waals surface area contributed by atoms with Crippen molar-refractivity contribution in [3.05, 3.63) is 95.6 Å². The number of rotatable bonds is 11. The van der Waals surface area contributed by atoms with E-state index in [1.165, 1.54) is 0 Å². The number of likely N-dealkylation sites (tertiary alicyclic amines) is 1. The van der Waals surface area contributed by atoms with Crippen molar-refractivity contribution in [2.24, 2.45) is 11.8 Å². The molecule has 4 heteroatoms. The number of phenols is 1. The molecule has 1 aliphatic rings. The van der Waals surface area contributed by atoms with Crippen molar-refractivity contribution in [2.45, 2.75) is 59.8 Å². The number of amides is 1. The average molecular weight is 539 g/mol. The molecule has 0 bridgehead atoms. The molecule has 0 aromatic heterocycles. The molecule has 1 aliphatic heterocycles. The van der Waals surface area contributed by atoms with Crippen molar-refractivity contribution in [1.82, 2.24) is 9.80 Å². The largest absolute Gasteiger partial charge is 0.508 e. The summed E-state index contributed by atoms with van der Waals surface area (Å²) < 4.78 is 0. The van der Waals surface area contributed by atoms with E-state index in [1.54, 1.807) is 12.1 Å². The van der Waals surface area contributed by atoms with E-state index >= 15 is 0 Å². The SMILES string of the molecule is C=C(c1ccccc1C)N(CC1CCCN(CC(C)C)C1)C(=O)c1cc(-c2ccc(O)cc2)ccc1CCCC. The average Bonchev–Trinajstić information content (AvgIpc) is 2.94. The van der Waals surface area contributed by atoms with Gasteiger partial charge in [0.25, 0.3) is 5.91 Å². The van der Waals surface area contributed by atoms with Crippen molar-refractivity contribution < 1.29 is 9.90 Å². The molecule has 0 radical (unpaired) electrons. The van der Waals surface area contributed by atoms with Gasteiger partial charge in [0.05, 0.1) is 0 Å². The van der Waals surface area contributed by atoms with Crippen molar-refractivity contribution in [2.75, 3.05) is 26.2 Å². The van der Waals surface area contributed by atoms with Gasteiger partial charge in [-0.25, -0.2) is 0 Å². The first-order valence-electron chi connectivity index (χ1n) is 15.0. The minimum atomic E-state index is 0.0287. The van der Waals surface area contributed by atoms with Crippen molar-refractivity contribution in [1.29, 1.82) is 0 Å². The van der Waals surface area contributed by atoms with Gasteiger partial charge >= 0.3 is 0 Å². The minimum absolute atomic E-state index is 0.0287. The fourth-order valence-electron chi connectivity index (χ4n) is 5.94. The highest BCUT2D eigenvalue weighted by molar-refractivity contribution is 6.01. The summed E-state index contributed by atoms with van der Waals surface area (Å²) in [6.07, 6.45) is 5.25. The van der Waals surface area contributed by atoms with E-state index in [0.29, 0.717) is 18.4 Å².